The highest BCUT2D eigenvalue weighted by molar-refractivity contribution is 7.89. The Morgan fingerprint density at radius 3 is 2.79 bits per heavy atom. The Balaban J connectivity index is 2.31. The minimum Gasteiger partial charge on any atom is -0.495 e. The van der Waals surface area contributed by atoms with Gasteiger partial charge in [0.05, 0.1) is 17.0 Å². The standard InChI is InChI=1S/C12H17ClN2O3S/c1-9-8-15(6-5-14-9)19(16,17)10-3-4-12(18-2)11(13)7-10/h3-4,7,9,14H,5-6,8H2,1-2H3/t9-/m0/s1. The number of rotatable bonds is 3. The second-order valence-corrected chi connectivity index (χ2v) is 6.86. The summed E-state index contributed by atoms with van der Waals surface area (Å²) < 4.78 is 31.5. The van der Waals surface area contributed by atoms with Crippen molar-refractivity contribution in [2.24, 2.45) is 0 Å². The third-order valence-corrected chi connectivity index (χ3v) is 5.25. The van der Waals surface area contributed by atoms with Crippen LogP contribution in [0.2, 0.25) is 5.02 Å². The highest BCUT2D eigenvalue weighted by atomic mass is 35.5. The van der Waals surface area contributed by atoms with Crippen molar-refractivity contribution in [2.45, 2.75) is 17.9 Å². The number of hydrogen-bond donors (Lipinski definition) is 1. The molecule has 19 heavy (non-hydrogen) atoms. The first-order valence-corrected chi connectivity index (χ1v) is 7.84. The van der Waals surface area contributed by atoms with Gasteiger partial charge in [-0.05, 0) is 25.1 Å². The van der Waals surface area contributed by atoms with Crippen molar-refractivity contribution in [3.63, 3.8) is 0 Å². The maximum absolute atomic E-state index is 12.5. The fraction of sp³-hybridized carbons (Fsp3) is 0.500. The third-order valence-electron chi connectivity index (χ3n) is 3.09. The van der Waals surface area contributed by atoms with Gasteiger partial charge in [0.25, 0.3) is 0 Å². The van der Waals surface area contributed by atoms with E-state index in [1.165, 1.54) is 23.5 Å². The van der Waals surface area contributed by atoms with Crippen LogP contribution >= 0.6 is 11.6 Å². The predicted molar refractivity (Wildman–Crippen MR) is 74.2 cm³/mol. The summed E-state index contributed by atoms with van der Waals surface area (Å²) in [6, 6.07) is 4.67. The normalized spacial score (nSPS) is 21.3. The molecule has 1 heterocycles. The number of ether oxygens (including phenoxy) is 1. The number of benzene rings is 1. The zero-order valence-corrected chi connectivity index (χ0v) is 12.5. The fourth-order valence-electron chi connectivity index (χ4n) is 2.07. The Kier molecular flexibility index (Phi) is 4.35. The summed E-state index contributed by atoms with van der Waals surface area (Å²) in [5.74, 6) is 0.467. The van der Waals surface area contributed by atoms with Crippen molar-refractivity contribution in [3.8, 4) is 5.75 Å². The van der Waals surface area contributed by atoms with Gasteiger partial charge in [-0.2, -0.15) is 4.31 Å². The van der Waals surface area contributed by atoms with Crippen LogP contribution in [0.25, 0.3) is 0 Å². The maximum atomic E-state index is 12.5. The molecule has 1 fully saturated rings. The zero-order chi connectivity index (χ0) is 14.0. The Morgan fingerprint density at radius 2 is 2.21 bits per heavy atom. The third kappa shape index (κ3) is 3.02. The molecule has 1 atom stereocenters. The first kappa shape index (κ1) is 14.6. The van der Waals surface area contributed by atoms with Crippen LogP contribution in [0.15, 0.2) is 23.1 Å². The average molecular weight is 305 g/mol. The molecule has 1 aromatic carbocycles. The number of halogens is 1. The topological polar surface area (TPSA) is 58.6 Å². The number of sulfonamides is 1. The summed E-state index contributed by atoms with van der Waals surface area (Å²) in [6.45, 7) is 3.55. The Morgan fingerprint density at radius 1 is 1.47 bits per heavy atom. The van der Waals surface area contributed by atoms with E-state index >= 15 is 0 Å². The lowest BCUT2D eigenvalue weighted by atomic mass is 10.3. The molecule has 2 rings (SSSR count). The van der Waals surface area contributed by atoms with E-state index in [1.54, 1.807) is 6.07 Å². The lowest BCUT2D eigenvalue weighted by Gasteiger charge is -2.31. The molecule has 1 saturated heterocycles. The quantitative estimate of drug-likeness (QED) is 0.915. The molecule has 0 amide bonds. The van der Waals surface area contributed by atoms with Gasteiger partial charge >= 0.3 is 0 Å². The first-order chi connectivity index (χ1) is 8.95. The van der Waals surface area contributed by atoms with E-state index in [2.05, 4.69) is 5.32 Å². The van der Waals surface area contributed by atoms with E-state index in [1.807, 2.05) is 6.92 Å². The van der Waals surface area contributed by atoms with Crippen LogP contribution in [-0.2, 0) is 10.0 Å². The molecule has 106 valence electrons. The summed E-state index contributed by atoms with van der Waals surface area (Å²) in [6.07, 6.45) is 0. The van der Waals surface area contributed by atoms with Crippen LogP contribution in [-0.4, -0.2) is 45.5 Å². The minimum absolute atomic E-state index is 0.150. The van der Waals surface area contributed by atoms with E-state index in [0.717, 1.165) is 0 Å². The van der Waals surface area contributed by atoms with Gasteiger partial charge in [-0.3, -0.25) is 0 Å². The predicted octanol–water partition coefficient (Wildman–Crippen LogP) is 1.33. The second kappa shape index (κ2) is 5.66. The number of nitrogens with one attached hydrogen (secondary N) is 1. The lowest BCUT2D eigenvalue weighted by molar-refractivity contribution is 0.310. The highest BCUT2D eigenvalue weighted by Gasteiger charge is 2.28. The smallest absolute Gasteiger partial charge is 0.243 e. The van der Waals surface area contributed by atoms with Gasteiger partial charge in [0.2, 0.25) is 10.0 Å². The molecule has 1 aliphatic heterocycles. The zero-order valence-electron chi connectivity index (χ0n) is 10.9. The Bertz CT molecular complexity index is 562. The molecule has 0 saturated carbocycles. The highest BCUT2D eigenvalue weighted by Crippen LogP contribution is 2.28. The van der Waals surface area contributed by atoms with Gasteiger partial charge in [0.1, 0.15) is 5.75 Å². The van der Waals surface area contributed by atoms with Crippen LogP contribution in [0, 0.1) is 0 Å². The van der Waals surface area contributed by atoms with Crippen molar-refractivity contribution in [1.29, 1.82) is 0 Å². The largest absolute Gasteiger partial charge is 0.495 e. The van der Waals surface area contributed by atoms with Crippen LogP contribution in [0.4, 0.5) is 0 Å². The number of nitrogens with zero attached hydrogens (tertiary/aromatic N) is 1. The van der Waals surface area contributed by atoms with E-state index in [-0.39, 0.29) is 10.9 Å². The number of hydrogen-bond acceptors (Lipinski definition) is 4. The molecule has 0 aromatic heterocycles. The minimum atomic E-state index is -3.49. The molecule has 0 radical (unpaired) electrons. The Hall–Kier alpha value is -0.820. The molecule has 5 nitrogen and oxygen atoms in total. The maximum Gasteiger partial charge on any atom is 0.243 e. The van der Waals surface area contributed by atoms with Crippen LogP contribution in [0.3, 0.4) is 0 Å². The van der Waals surface area contributed by atoms with Crippen molar-refractivity contribution < 1.29 is 13.2 Å². The fourth-order valence-corrected chi connectivity index (χ4v) is 3.95. The summed E-state index contributed by atoms with van der Waals surface area (Å²) >= 11 is 5.98. The van der Waals surface area contributed by atoms with Gasteiger partial charge in [-0.1, -0.05) is 11.6 Å². The van der Waals surface area contributed by atoms with Gasteiger partial charge in [-0.25, -0.2) is 8.42 Å². The van der Waals surface area contributed by atoms with E-state index in [0.29, 0.717) is 30.4 Å². The van der Waals surface area contributed by atoms with Crippen LogP contribution in [0.5, 0.6) is 5.75 Å². The van der Waals surface area contributed by atoms with Crippen molar-refractivity contribution in [1.82, 2.24) is 9.62 Å². The molecule has 0 spiro atoms. The van der Waals surface area contributed by atoms with E-state index < -0.39 is 10.0 Å². The first-order valence-electron chi connectivity index (χ1n) is 6.02. The van der Waals surface area contributed by atoms with E-state index in [9.17, 15) is 8.42 Å². The van der Waals surface area contributed by atoms with Gasteiger partial charge in [-0.15, -0.1) is 0 Å². The molecule has 7 heteroatoms. The second-order valence-electron chi connectivity index (χ2n) is 4.51. The van der Waals surface area contributed by atoms with Crippen LogP contribution < -0.4 is 10.1 Å². The summed E-state index contributed by atoms with van der Waals surface area (Å²) in [5.41, 5.74) is 0. The Labute approximate surface area is 118 Å². The van der Waals surface area contributed by atoms with E-state index in [4.69, 9.17) is 16.3 Å². The van der Waals surface area contributed by atoms with Gasteiger partial charge in [0, 0.05) is 25.7 Å². The van der Waals surface area contributed by atoms with Gasteiger partial charge in [0.15, 0.2) is 0 Å². The molecule has 1 N–H and O–H groups in total. The van der Waals surface area contributed by atoms with Crippen LogP contribution in [0.1, 0.15) is 6.92 Å². The van der Waals surface area contributed by atoms with Crippen molar-refractivity contribution in [2.75, 3.05) is 26.7 Å². The molecule has 1 aromatic rings. The summed E-state index contributed by atoms with van der Waals surface area (Å²) in [5, 5.41) is 3.51. The summed E-state index contributed by atoms with van der Waals surface area (Å²) in [7, 11) is -2.00. The molecule has 0 aliphatic carbocycles. The monoisotopic (exact) mass is 304 g/mol. The molecule has 0 unspecified atom stereocenters. The molecule has 0 bridgehead atoms. The van der Waals surface area contributed by atoms with Crippen molar-refractivity contribution in [3.05, 3.63) is 23.2 Å². The van der Waals surface area contributed by atoms with Crippen molar-refractivity contribution >= 4 is 21.6 Å². The number of methoxy groups -OCH3 is 1. The number of piperazine rings is 1. The molecular weight excluding hydrogens is 288 g/mol. The van der Waals surface area contributed by atoms with Gasteiger partial charge < -0.3 is 10.1 Å². The molecular formula is C12H17ClN2O3S. The SMILES string of the molecule is COc1ccc(S(=O)(=O)N2CCN[C@@H](C)C2)cc1Cl. The average Bonchev–Trinajstić information content (AvgIpc) is 2.38. The molecule has 1 aliphatic rings. The summed E-state index contributed by atoms with van der Waals surface area (Å²) in [4.78, 5) is 0.201. The lowest BCUT2D eigenvalue weighted by Crippen LogP contribution is -2.51.